The number of hydrogen-bond acceptors (Lipinski definition) is 18. The van der Waals surface area contributed by atoms with Gasteiger partial charge in [0.2, 0.25) is 5.95 Å². The highest BCUT2D eigenvalue weighted by molar-refractivity contribution is 7.47. The van der Waals surface area contributed by atoms with Crippen molar-refractivity contribution in [3.63, 3.8) is 0 Å². The number of aromatic amines is 1. The van der Waals surface area contributed by atoms with Crippen molar-refractivity contribution in [1.82, 2.24) is 39.0 Å². The number of aromatic nitrogens is 8. The zero-order chi connectivity index (χ0) is 31.8. The molecule has 45 heavy (non-hydrogen) atoms. The van der Waals surface area contributed by atoms with Gasteiger partial charge in [0.25, 0.3) is 5.56 Å². The van der Waals surface area contributed by atoms with Crippen molar-refractivity contribution in [2.75, 3.05) is 24.7 Å². The minimum atomic E-state index is -5.11. The summed E-state index contributed by atoms with van der Waals surface area (Å²) >= 11 is 0. The lowest BCUT2D eigenvalue weighted by atomic mass is 10.1. The molecule has 4 aromatic rings. The predicted molar refractivity (Wildman–Crippen MR) is 143 cm³/mol. The van der Waals surface area contributed by atoms with Gasteiger partial charge in [0.15, 0.2) is 35.1 Å². The first-order chi connectivity index (χ1) is 21.3. The van der Waals surface area contributed by atoms with Crippen molar-refractivity contribution in [2.45, 2.75) is 49.1 Å². The van der Waals surface area contributed by atoms with Crippen LogP contribution in [0.1, 0.15) is 12.5 Å². The molecule has 25 heteroatoms. The molecule has 3 aliphatic heterocycles. The number of aliphatic hydroxyl groups is 2. The highest BCUT2D eigenvalue weighted by Crippen LogP contribution is 2.53. The maximum Gasteiger partial charge on any atom is 0.472 e. The van der Waals surface area contributed by atoms with E-state index in [0.717, 1.165) is 17.2 Å². The van der Waals surface area contributed by atoms with Crippen LogP contribution in [0, 0.1) is 0 Å². The highest BCUT2D eigenvalue weighted by atomic mass is 31.2. The Labute approximate surface area is 248 Å². The van der Waals surface area contributed by atoms with Gasteiger partial charge in [-0.25, -0.2) is 29.1 Å². The molecule has 3 aliphatic rings. The number of aliphatic hydroxyl groups excluding tert-OH is 2. The van der Waals surface area contributed by atoms with Gasteiger partial charge < -0.3 is 40.9 Å². The molecule has 3 saturated heterocycles. The molecule has 2 unspecified atom stereocenters. The summed E-state index contributed by atoms with van der Waals surface area (Å²) < 4.78 is 61.0. The Hall–Kier alpha value is -3.44. The highest BCUT2D eigenvalue weighted by Gasteiger charge is 2.54. The SMILES string of the molecule is Nc1nc2c(ncn2[C@@H]2O[C@@H]3COP(=O)(O)O[C@H]4[C@@H](O)[C@H](n5cnc6c(N)ncnc65)O[C@@H]4COP(=O)(O)O[C@H]2[C@@H]3O)c(=O)[nH]1. The molecule has 7 heterocycles. The van der Waals surface area contributed by atoms with Crippen LogP contribution >= 0.6 is 15.6 Å². The van der Waals surface area contributed by atoms with E-state index in [4.69, 9.17) is 39.0 Å². The number of anilines is 2. The van der Waals surface area contributed by atoms with E-state index in [1.807, 2.05) is 0 Å². The Morgan fingerprint density at radius 1 is 0.822 bits per heavy atom. The summed E-state index contributed by atoms with van der Waals surface area (Å²) in [5.74, 6) is -0.250. The third-order valence-corrected chi connectivity index (χ3v) is 9.29. The van der Waals surface area contributed by atoms with Gasteiger partial charge in [-0.3, -0.25) is 37.0 Å². The minimum Gasteiger partial charge on any atom is -0.387 e. The van der Waals surface area contributed by atoms with E-state index < -0.39 is 83.5 Å². The summed E-state index contributed by atoms with van der Waals surface area (Å²) in [4.78, 5) is 55.8. The topological polar surface area (TPSA) is 330 Å². The zero-order valence-electron chi connectivity index (χ0n) is 22.4. The lowest BCUT2D eigenvalue weighted by Crippen LogP contribution is -2.36. The number of nitrogens with one attached hydrogen (secondary N) is 1. The first-order valence-electron chi connectivity index (χ1n) is 13.0. The fourth-order valence-corrected chi connectivity index (χ4v) is 7.19. The van der Waals surface area contributed by atoms with E-state index in [9.17, 15) is 33.9 Å². The summed E-state index contributed by atoms with van der Waals surface area (Å²) in [6.07, 6.45) is -9.21. The van der Waals surface area contributed by atoms with Crippen molar-refractivity contribution >= 4 is 49.7 Å². The van der Waals surface area contributed by atoms with Crippen molar-refractivity contribution in [1.29, 1.82) is 0 Å². The van der Waals surface area contributed by atoms with Gasteiger partial charge in [0, 0.05) is 0 Å². The number of nitrogens with two attached hydrogens (primary N) is 2. The van der Waals surface area contributed by atoms with Crippen LogP contribution in [0.3, 0.4) is 0 Å². The molecular formula is C20H24N10O13P2. The molecule has 0 aromatic carbocycles. The van der Waals surface area contributed by atoms with Crippen LogP contribution in [0.4, 0.5) is 11.8 Å². The zero-order valence-corrected chi connectivity index (χ0v) is 24.2. The van der Waals surface area contributed by atoms with Gasteiger partial charge >= 0.3 is 15.6 Å². The number of phosphoric ester groups is 2. The lowest BCUT2D eigenvalue weighted by molar-refractivity contribution is -0.0672. The molecule has 242 valence electrons. The summed E-state index contributed by atoms with van der Waals surface area (Å²) in [6.45, 7) is -1.65. The molecule has 4 aromatic heterocycles. The molecule has 10 atom stereocenters. The Morgan fingerprint density at radius 3 is 2.18 bits per heavy atom. The lowest BCUT2D eigenvalue weighted by Gasteiger charge is -2.25. The normalized spacial score (nSPS) is 37.7. The van der Waals surface area contributed by atoms with Gasteiger partial charge in [-0.15, -0.1) is 0 Å². The first kappa shape index (κ1) is 30.2. The van der Waals surface area contributed by atoms with Crippen molar-refractivity contribution in [2.24, 2.45) is 0 Å². The Morgan fingerprint density at radius 2 is 1.44 bits per heavy atom. The Bertz CT molecular complexity index is 1940. The second-order valence-corrected chi connectivity index (χ2v) is 13.0. The quantitative estimate of drug-likeness (QED) is 0.109. The number of imidazole rings is 2. The number of phosphoric acid groups is 2. The second-order valence-electron chi connectivity index (χ2n) is 10.1. The molecule has 23 nitrogen and oxygen atoms in total. The maximum atomic E-state index is 13.2. The van der Waals surface area contributed by atoms with Crippen LogP contribution in [0.15, 0.2) is 23.8 Å². The van der Waals surface area contributed by atoms with E-state index >= 15 is 0 Å². The summed E-state index contributed by atoms with van der Waals surface area (Å²) in [6, 6.07) is 0. The third-order valence-electron chi connectivity index (χ3n) is 7.32. The fraction of sp³-hybridized carbons (Fsp3) is 0.500. The monoisotopic (exact) mass is 674 g/mol. The second kappa shape index (κ2) is 10.8. The fourth-order valence-electron chi connectivity index (χ4n) is 5.30. The largest absolute Gasteiger partial charge is 0.472 e. The molecule has 0 saturated carbocycles. The van der Waals surface area contributed by atoms with E-state index in [0.29, 0.717) is 0 Å². The molecular weight excluding hydrogens is 650 g/mol. The van der Waals surface area contributed by atoms with Crippen molar-refractivity contribution < 1.29 is 56.7 Å². The van der Waals surface area contributed by atoms with Crippen LogP contribution in [-0.4, -0.2) is 109 Å². The summed E-state index contributed by atoms with van der Waals surface area (Å²) in [7, 11) is -10.2. The first-order valence-corrected chi connectivity index (χ1v) is 15.9. The van der Waals surface area contributed by atoms with Crippen molar-refractivity contribution in [3.8, 4) is 0 Å². The molecule has 9 N–H and O–H groups in total. The average molecular weight is 674 g/mol. The predicted octanol–water partition coefficient (Wildman–Crippen LogP) is -2.34. The smallest absolute Gasteiger partial charge is 0.387 e. The summed E-state index contributed by atoms with van der Waals surface area (Å²) in [5.41, 5.74) is 10.8. The van der Waals surface area contributed by atoms with Crippen LogP contribution in [-0.2, 0) is 36.7 Å². The third kappa shape index (κ3) is 5.31. The molecule has 0 aliphatic carbocycles. The van der Waals surface area contributed by atoms with Crippen molar-refractivity contribution in [3.05, 3.63) is 29.3 Å². The molecule has 7 rings (SSSR count). The van der Waals surface area contributed by atoms with E-state index in [1.165, 1.54) is 10.9 Å². The van der Waals surface area contributed by atoms with E-state index in [-0.39, 0.29) is 34.1 Å². The van der Waals surface area contributed by atoms with E-state index in [2.05, 4.69) is 29.9 Å². The van der Waals surface area contributed by atoms with Gasteiger partial charge in [0.05, 0.1) is 25.9 Å². The number of H-pyrrole nitrogens is 1. The number of rotatable bonds is 2. The van der Waals surface area contributed by atoms with Gasteiger partial charge in [-0.2, -0.15) is 4.98 Å². The molecule has 0 spiro atoms. The maximum absolute atomic E-state index is 13.2. The van der Waals surface area contributed by atoms with Crippen LogP contribution in [0.2, 0.25) is 0 Å². The number of hydrogen-bond donors (Lipinski definition) is 7. The van der Waals surface area contributed by atoms with Gasteiger partial charge in [0.1, 0.15) is 48.5 Å². The number of nitrogen functional groups attached to an aromatic ring is 2. The van der Waals surface area contributed by atoms with E-state index in [1.54, 1.807) is 0 Å². The molecule has 0 amide bonds. The number of nitrogens with zero attached hydrogens (tertiary/aromatic N) is 7. The van der Waals surface area contributed by atoms with Crippen LogP contribution in [0.5, 0.6) is 0 Å². The standard InChI is InChI=1S/C20H24N10O13P2/c21-14-8-15(24-3-23-14)29(4-25-8)18-11(32)12-7(41-18)2-39-45(36,37)43-13-10(31)6(1-38-44(34,35)42-12)40-19(13)30-5-26-9-16(30)27-20(22)28-17(9)33/h3-7,10-13,18-19,31-32H,1-2H2,(H,34,35)(H,36,37)(H2,21,23,24)(H3,22,27,28,33)/t6-,7-,10-,11-,12-,13+,18-,19-/m1/s1. The van der Waals surface area contributed by atoms with Crippen LogP contribution in [0.25, 0.3) is 22.3 Å². The number of ether oxygens (including phenoxy) is 2. The Balaban J connectivity index is 1.21. The molecule has 2 bridgehead atoms. The Kier molecular flexibility index (Phi) is 7.27. The number of fused-ring (bicyclic) bond motifs is 5. The van der Waals surface area contributed by atoms with Crippen LogP contribution < -0.4 is 17.0 Å². The van der Waals surface area contributed by atoms with Gasteiger partial charge in [-0.05, 0) is 0 Å². The molecule has 0 radical (unpaired) electrons. The minimum absolute atomic E-state index is 0.0343. The average Bonchev–Trinajstić information content (AvgIpc) is 3.72. The molecule has 3 fully saturated rings. The summed E-state index contributed by atoms with van der Waals surface area (Å²) in [5, 5.41) is 22.1. The van der Waals surface area contributed by atoms with Gasteiger partial charge in [-0.1, -0.05) is 0 Å².